The van der Waals surface area contributed by atoms with E-state index in [0.717, 1.165) is 29.8 Å². The highest BCUT2D eigenvalue weighted by atomic mass is 35.5. The lowest BCUT2D eigenvalue weighted by atomic mass is 9.93. The summed E-state index contributed by atoms with van der Waals surface area (Å²) in [5.41, 5.74) is 2.76. The summed E-state index contributed by atoms with van der Waals surface area (Å²) >= 11 is 12.6. The fourth-order valence-corrected chi connectivity index (χ4v) is 4.95. The van der Waals surface area contributed by atoms with Gasteiger partial charge in [-0.2, -0.15) is 5.10 Å². The summed E-state index contributed by atoms with van der Waals surface area (Å²) in [6, 6.07) is 7.57. The SMILES string of the molecule is CCN(CC)C(=O)[C@@H](C)CCNC(=O)N1CCC(c2cc(-c3cccc(Cl)c3Cl)nn2C)CC1. The molecular formula is C25H35Cl2N5O2. The van der Waals surface area contributed by atoms with Crippen molar-refractivity contribution in [1.29, 1.82) is 0 Å². The van der Waals surface area contributed by atoms with E-state index in [0.29, 0.717) is 55.1 Å². The Labute approximate surface area is 212 Å². The van der Waals surface area contributed by atoms with Gasteiger partial charge in [-0.25, -0.2) is 4.79 Å². The molecule has 1 aromatic heterocycles. The molecule has 1 saturated heterocycles. The Morgan fingerprint density at radius 3 is 2.53 bits per heavy atom. The summed E-state index contributed by atoms with van der Waals surface area (Å²) in [5.74, 6) is 0.368. The van der Waals surface area contributed by atoms with E-state index in [2.05, 4.69) is 16.5 Å². The molecule has 1 fully saturated rings. The fourth-order valence-electron chi connectivity index (χ4n) is 4.55. The molecule has 0 bridgehead atoms. The second kappa shape index (κ2) is 11.9. The zero-order valence-electron chi connectivity index (χ0n) is 20.5. The van der Waals surface area contributed by atoms with Gasteiger partial charge in [0.1, 0.15) is 0 Å². The molecule has 1 N–H and O–H groups in total. The van der Waals surface area contributed by atoms with Gasteiger partial charge in [0.2, 0.25) is 5.91 Å². The molecule has 3 rings (SSSR count). The minimum absolute atomic E-state index is 0.0580. The van der Waals surface area contributed by atoms with Crippen molar-refractivity contribution in [3.63, 3.8) is 0 Å². The van der Waals surface area contributed by atoms with Gasteiger partial charge in [0.25, 0.3) is 0 Å². The van der Waals surface area contributed by atoms with E-state index in [1.807, 2.05) is 54.4 Å². The number of likely N-dealkylation sites (tertiary alicyclic amines) is 1. The molecule has 1 aliphatic rings. The number of nitrogens with one attached hydrogen (secondary N) is 1. The molecule has 186 valence electrons. The highest BCUT2D eigenvalue weighted by Gasteiger charge is 2.27. The molecule has 1 aliphatic heterocycles. The monoisotopic (exact) mass is 507 g/mol. The van der Waals surface area contributed by atoms with Crippen LogP contribution in [-0.4, -0.2) is 64.2 Å². The zero-order chi connectivity index (χ0) is 24.8. The first-order valence-corrected chi connectivity index (χ1v) is 12.8. The second-order valence-electron chi connectivity index (χ2n) is 8.87. The number of aromatic nitrogens is 2. The number of halogens is 2. The third-order valence-corrected chi connectivity index (χ3v) is 7.51. The standard InChI is InChI=1S/C25H35Cl2N5O2/c1-5-31(6-2)24(33)17(3)10-13-28-25(34)32-14-11-18(12-15-32)22-16-21(29-30(22)4)19-8-7-9-20(26)23(19)27/h7-9,16-18H,5-6,10-15H2,1-4H3,(H,28,34)/t17-/m0/s1. The molecule has 0 unspecified atom stereocenters. The van der Waals surface area contributed by atoms with E-state index in [4.69, 9.17) is 23.2 Å². The Morgan fingerprint density at radius 2 is 1.88 bits per heavy atom. The molecule has 34 heavy (non-hydrogen) atoms. The van der Waals surface area contributed by atoms with Crippen LogP contribution in [0.5, 0.6) is 0 Å². The molecule has 0 aliphatic carbocycles. The van der Waals surface area contributed by atoms with Gasteiger partial charge in [-0.05, 0) is 45.2 Å². The number of urea groups is 1. The van der Waals surface area contributed by atoms with Gasteiger partial charge in [-0.3, -0.25) is 9.48 Å². The Morgan fingerprint density at radius 1 is 1.21 bits per heavy atom. The van der Waals surface area contributed by atoms with Crippen molar-refractivity contribution in [3.05, 3.63) is 40.0 Å². The van der Waals surface area contributed by atoms with Crippen LogP contribution in [0.3, 0.4) is 0 Å². The number of rotatable bonds is 8. The maximum absolute atomic E-state index is 12.6. The molecule has 1 aromatic carbocycles. The fraction of sp³-hybridized carbons (Fsp3) is 0.560. The van der Waals surface area contributed by atoms with Crippen molar-refractivity contribution in [2.45, 2.75) is 46.0 Å². The summed E-state index contributed by atoms with van der Waals surface area (Å²) in [5, 5.41) is 8.66. The van der Waals surface area contributed by atoms with Crippen LogP contribution in [0.15, 0.2) is 24.3 Å². The smallest absolute Gasteiger partial charge is 0.317 e. The van der Waals surface area contributed by atoms with Crippen molar-refractivity contribution < 1.29 is 9.59 Å². The van der Waals surface area contributed by atoms with Gasteiger partial charge in [-0.1, -0.05) is 42.3 Å². The average Bonchev–Trinajstić information content (AvgIpc) is 3.22. The first-order valence-electron chi connectivity index (χ1n) is 12.1. The summed E-state index contributed by atoms with van der Waals surface area (Å²) < 4.78 is 1.90. The van der Waals surface area contributed by atoms with Gasteiger partial charge < -0.3 is 15.1 Å². The number of hydrogen-bond acceptors (Lipinski definition) is 3. The van der Waals surface area contributed by atoms with Crippen molar-refractivity contribution in [3.8, 4) is 11.3 Å². The summed E-state index contributed by atoms with van der Waals surface area (Å²) in [7, 11) is 1.94. The van der Waals surface area contributed by atoms with Crippen LogP contribution in [-0.2, 0) is 11.8 Å². The number of benzene rings is 1. The van der Waals surface area contributed by atoms with Crippen LogP contribution in [0.4, 0.5) is 4.79 Å². The van der Waals surface area contributed by atoms with Crippen LogP contribution in [0.25, 0.3) is 11.3 Å². The van der Waals surface area contributed by atoms with Crippen LogP contribution in [0.2, 0.25) is 10.0 Å². The molecule has 3 amide bonds. The number of amides is 3. The van der Waals surface area contributed by atoms with E-state index >= 15 is 0 Å². The number of aryl methyl sites for hydroxylation is 1. The molecule has 7 nitrogen and oxygen atoms in total. The molecule has 0 spiro atoms. The van der Waals surface area contributed by atoms with Gasteiger partial charge in [0, 0.05) is 62.9 Å². The van der Waals surface area contributed by atoms with E-state index < -0.39 is 0 Å². The van der Waals surface area contributed by atoms with Gasteiger partial charge in [0.15, 0.2) is 0 Å². The third-order valence-electron chi connectivity index (χ3n) is 6.69. The van der Waals surface area contributed by atoms with E-state index in [1.165, 1.54) is 0 Å². The number of carbonyl (C=O) groups is 2. The number of piperidine rings is 1. The van der Waals surface area contributed by atoms with E-state index in [1.54, 1.807) is 6.07 Å². The summed E-state index contributed by atoms with van der Waals surface area (Å²) in [4.78, 5) is 28.7. The van der Waals surface area contributed by atoms with Crippen molar-refractivity contribution >= 4 is 35.1 Å². The van der Waals surface area contributed by atoms with E-state index in [9.17, 15) is 9.59 Å². The third kappa shape index (κ3) is 6.05. The number of nitrogens with zero attached hydrogens (tertiary/aromatic N) is 4. The molecule has 1 atom stereocenters. The van der Waals surface area contributed by atoms with Crippen LogP contribution in [0, 0.1) is 5.92 Å². The quantitative estimate of drug-likeness (QED) is 0.535. The first kappa shape index (κ1) is 26.4. The Balaban J connectivity index is 1.51. The normalized spacial score (nSPS) is 15.3. The lowest BCUT2D eigenvalue weighted by molar-refractivity contribution is -0.134. The van der Waals surface area contributed by atoms with Gasteiger partial charge in [-0.15, -0.1) is 0 Å². The predicted octanol–water partition coefficient (Wildman–Crippen LogP) is 5.18. The highest BCUT2D eigenvalue weighted by molar-refractivity contribution is 6.43. The predicted molar refractivity (Wildman–Crippen MR) is 137 cm³/mol. The van der Waals surface area contributed by atoms with Gasteiger partial charge in [0.05, 0.1) is 15.7 Å². The molecule has 0 radical (unpaired) electrons. The average molecular weight is 508 g/mol. The molecule has 9 heteroatoms. The summed E-state index contributed by atoms with van der Waals surface area (Å²) in [6.07, 6.45) is 2.38. The number of carbonyl (C=O) groups excluding carboxylic acids is 2. The minimum atomic E-state index is -0.0991. The maximum atomic E-state index is 12.6. The summed E-state index contributed by atoms with van der Waals surface area (Å²) in [6.45, 7) is 9.19. The Hall–Kier alpha value is -2.25. The topological polar surface area (TPSA) is 70.5 Å². The van der Waals surface area contributed by atoms with Crippen molar-refractivity contribution in [1.82, 2.24) is 24.9 Å². The van der Waals surface area contributed by atoms with Crippen LogP contribution >= 0.6 is 23.2 Å². The van der Waals surface area contributed by atoms with Crippen molar-refractivity contribution in [2.75, 3.05) is 32.7 Å². The zero-order valence-corrected chi connectivity index (χ0v) is 22.0. The Bertz CT molecular complexity index is 997. The molecule has 2 aromatic rings. The highest BCUT2D eigenvalue weighted by Crippen LogP contribution is 2.35. The van der Waals surface area contributed by atoms with Gasteiger partial charge >= 0.3 is 6.03 Å². The lowest BCUT2D eigenvalue weighted by Crippen LogP contribution is -2.45. The second-order valence-corrected chi connectivity index (χ2v) is 9.66. The minimum Gasteiger partial charge on any atom is -0.343 e. The molecular weight excluding hydrogens is 473 g/mol. The number of hydrogen-bond donors (Lipinski definition) is 1. The molecule has 0 saturated carbocycles. The Kier molecular flexibility index (Phi) is 9.25. The van der Waals surface area contributed by atoms with Crippen LogP contribution in [0.1, 0.15) is 51.6 Å². The largest absolute Gasteiger partial charge is 0.343 e. The first-order chi connectivity index (χ1) is 16.3. The van der Waals surface area contributed by atoms with E-state index in [-0.39, 0.29) is 17.9 Å². The van der Waals surface area contributed by atoms with Crippen molar-refractivity contribution in [2.24, 2.45) is 13.0 Å². The molecule has 2 heterocycles. The lowest BCUT2D eigenvalue weighted by Gasteiger charge is -2.32. The van der Waals surface area contributed by atoms with Crippen LogP contribution < -0.4 is 5.32 Å². The maximum Gasteiger partial charge on any atom is 0.317 e.